The van der Waals surface area contributed by atoms with E-state index in [4.69, 9.17) is 11.6 Å². The van der Waals surface area contributed by atoms with Gasteiger partial charge >= 0.3 is 0 Å². The molecule has 21 heavy (non-hydrogen) atoms. The zero-order chi connectivity index (χ0) is 14.8. The highest BCUT2D eigenvalue weighted by atomic mass is 35.5. The van der Waals surface area contributed by atoms with Crippen LogP contribution in [0.3, 0.4) is 0 Å². The van der Waals surface area contributed by atoms with Gasteiger partial charge in [0.1, 0.15) is 11.3 Å². The van der Waals surface area contributed by atoms with E-state index in [0.717, 1.165) is 35.5 Å². The second-order valence-corrected chi connectivity index (χ2v) is 5.59. The first kappa shape index (κ1) is 14.0. The summed E-state index contributed by atoms with van der Waals surface area (Å²) in [5.41, 5.74) is 5.36. The molecule has 0 bridgehead atoms. The Morgan fingerprint density at radius 3 is 2.86 bits per heavy atom. The lowest BCUT2D eigenvalue weighted by atomic mass is 10.1. The Balaban J connectivity index is 2.11. The van der Waals surface area contributed by atoms with Crippen LogP contribution >= 0.6 is 11.6 Å². The molecule has 0 spiro atoms. The lowest BCUT2D eigenvalue weighted by Crippen LogP contribution is -2.08. The minimum atomic E-state index is 0.553. The van der Waals surface area contributed by atoms with Crippen molar-refractivity contribution in [2.45, 2.75) is 26.8 Å². The van der Waals surface area contributed by atoms with Crippen molar-refractivity contribution in [3.63, 3.8) is 0 Å². The Kier molecular flexibility index (Phi) is 3.88. The third-order valence-electron chi connectivity index (χ3n) is 3.58. The topological polar surface area (TPSA) is 43.6 Å². The van der Waals surface area contributed by atoms with E-state index in [1.54, 1.807) is 0 Å². The molecule has 3 aromatic rings. The van der Waals surface area contributed by atoms with Gasteiger partial charge in [-0.05, 0) is 42.7 Å². The van der Waals surface area contributed by atoms with Crippen LogP contribution in [0, 0.1) is 13.8 Å². The number of hydrogen-bond acceptors (Lipinski definition) is 3. The van der Waals surface area contributed by atoms with Gasteiger partial charge in [-0.15, -0.1) is 11.6 Å². The summed E-state index contributed by atoms with van der Waals surface area (Å²) in [7, 11) is 0. The lowest BCUT2D eigenvalue weighted by Gasteiger charge is -2.10. The highest BCUT2D eigenvalue weighted by Gasteiger charge is 2.13. The van der Waals surface area contributed by atoms with Gasteiger partial charge in [-0.2, -0.15) is 0 Å². The van der Waals surface area contributed by atoms with Crippen LogP contribution in [0.15, 0.2) is 30.7 Å². The monoisotopic (exact) mass is 300 g/mol. The number of imidazole rings is 1. The van der Waals surface area contributed by atoms with Gasteiger partial charge in [0, 0.05) is 30.9 Å². The van der Waals surface area contributed by atoms with Gasteiger partial charge in [0.2, 0.25) is 0 Å². The minimum Gasteiger partial charge on any atom is -0.308 e. The van der Waals surface area contributed by atoms with Crippen molar-refractivity contribution in [3.05, 3.63) is 53.2 Å². The van der Waals surface area contributed by atoms with Gasteiger partial charge in [-0.1, -0.05) is 0 Å². The number of nitrogens with zero attached hydrogens (tertiary/aromatic N) is 4. The Bertz CT molecular complexity index is 779. The molecular weight excluding hydrogens is 284 g/mol. The van der Waals surface area contributed by atoms with Crippen LogP contribution in [0.1, 0.15) is 22.5 Å². The van der Waals surface area contributed by atoms with Crippen molar-refractivity contribution in [3.8, 4) is 0 Å². The Morgan fingerprint density at radius 2 is 2.10 bits per heavy atom. The Morgan fingerprint density at radius 1 is 1.24 bits per heavy atom. The molecule has 3 heterocycles. The molecule has 5 heteroatoms. The molecule has 0 saturated heterocycles. The zero-order valence-electron chi connectivity index (χ0n) is 12.2. The number of alkyl halides is 1. The van der Waals surface area contributed by atoms with Crippen LogP contribution in [-0.2, 0) is 13.0 Å². The van der Waals surface area contributed by atoms with Crippen molar-refractivity contribution in [2.24, 2.45) is 0 Å². The van der Waals surface area contributed by atoms with E-state index < -0.39 is 0 Å². The predicted molar refractivity (Wildman–Crippen MR) is 84.8 cm³/mol. The third kappa shape index (κ3) is 2.76. The zero-order valence-corrected chi connectivity index (χ0v) is 12.9. The van der Waals surface area contributed by atoms with E-state index in [2.05, 4.69) is 32.5 Å². The normalized spacial score (nSPS) is 11.2. The molecular formula is C16H17ClN4. The molecule has 0 N–H and O–H groups in total. The van der Waals surface area contributed by atoms with E-state index in [-0.39, 0.29) is 0 Å². The van der Waals surface area contributed by atoms with Crippen LogP contribution in [0.25, 0.3) is 11.2 Å². The fourth-order valence-corrected chi connectivity index (χ4v) is 2.62. The van der Waals surface area contributed by atoms with Crippen molar-refractivity contribution >= 4 is 22.8 Å². The summed E-state index contributed by atoms with van der Waals surface area (Å²) < 4.78 is 2.15. The average Bonchev–Trinajstić information content (AvgIpc) is 2.79. The van der Waals surface area contributed by atoms with Gasteiger partial charge in [-0.25, -0.2) is 9.97 Å². The van der Waals surface area contributed by atoms with Gasteiger partial charge in [0.05, 0.1) is 6.54 Å². The molecule has 3 rings (SSSR count). The molecule has 108 valence electrons. The number of halogens is 1. The SMILES string of the molecule is Cc1cnc2c(c1)nc(CCCl)n2Cc1ccncc1C. The Labute approximate surface area is 128 Å². The standard InChI is InChI=1S/C16H17ClN4/c1-11-7-14-16(19-8-11)21(15(20-14)3-5-17)10-13-4-6-18-9-12(13)2/h4,6-9H,3,5,10H2,1-2H3. The second kappa shape index (κ2) is 5.82. The summed E-state index contributed by atoms with van der Waals surface area (Å²) in [6, 6.07) is 4.11. The fourth-order valence-electron chi connectivity index (χ4n) is 2.45. The highest BCUT2D eigenvalue weighted by molar-refractivity contribution is 6.17. The van der Waals surface area contributed by atoms with Gasteiger partial charge in [0.25, 0.3) is 0 Å². The van der Waals surface area contributed by atoms with Crippen molar-refractivity contribution in [1.29, 1.82) is 0 Å². The quantitative estimate of drug-likeness (QED) is 0.695. The molecule has 0 radical (unpaired) electrons. The molecule has 0 saturated carbocycles. The van der Waals surface area contributed by atoms with Crippen LogP contribution in [-0.4, -0.2) is 25.4 Å². The molecule has 0 aromatic carbocycles. The molecule has 0 unspecified atom stereocenters. The molecule has 4 nitrogen and oxygen atoms in total. The highest BCUT2D eigenvalue weighted by Crippen LogP contribution is 2.19. The van der Waals surface area contributed by atoms with Crippen LogP contribution in [0.5, 0.6) is 0 Å². The van der Waals surface area contributed by atoms with Gasteiger partial charge in [0.15, 0.2) is 5.65 Å². The van der Waals surface area contributed by atoms with E-state index in [9.17, 15) is 0 Å². The average molecular weight is 301 g/mol. The predicted octanol–water partition coefficient (Wildman–Crippen LogP) is 3.27. The van der Waals surface area contributed by atoms with E-state index in [1.165, 1.54) is 11.1 Å². The van der Waals surface area contributed by atoms with Gasteiger partial charge < -0.3 is 4.57 Å². The number of rotatable bonds is 4. The molecule has 0 aliphatic rings. The van der Waals surface area contributed by atoms with Crippen LogP contribution < -0.4 is 0 Å². The second-order valence-electron chi connectivity index (χ2n) is 5.21. The first-order valence-electron chi connectivity index (χ1n) is 6.96. The number of hydrogen-bond donors (Lipinski definition) is 0. The third-order valence-corrected chi connectivity index (χ3v) is 3.77. The van der Waals surface area contributed by atoms with E-state index in [1.807, 2.05) is 31.6 Å². The first-order chi connectivity index (χ1) is 10.2. The molecule has 0 atom stereocenters. The molecule has 0 amide bonds. The van der Waals surface area contributed by atoms with Crippen molar-refractivity contribution in [1.82, 2.24) is 19.5 Å². The fraction of sp³-hybridized carbons (Fsp3) is 0.312. The molecule has 0 aliphatic heterocycles. The number of fused-ring (bicyclic) bond motifs is 1. The molecule has 3 aromatic heterocycles. The first-order valence-corrected chi connectivity index (χ1v) is 7.49. The van der Waals surface area contributed by atoms with E-state index in [0.29, 0.717) is 5.88 Å². The molecule has 0 aliphatic carbocycles. The maximum atomic E-state index is 5.92. The Hall–Kier alpha value is -1.94. The summed E-state index contributed by atoms with van der Waals surface area (Å²) in [6.45, 7) is 4.84. The molecule has 0 fully saturated rings. The number of pyridine rings is 2. The summed E-state index contributed by atoms with van der Waals surface area (Å²) >= 11 is 5.92. The number of aromatic nitrogens is 4. The van der Waals surface area contributed by atoms with Crippen molar-refractivity contribution in [2.75, 3.05) is 5.88 Å². The summed E-state index contributed by atoms with van der Waals surface area (Å²) in [4.78, 5) is 13.4. The van der Waals surface area contributed by atoms with E-state index >= 15 is 0 Å². The van der Waals surface area contributed by atoms with Gasteiger partial charge in [-0.3, -0.25) is 4.98 Å². The summed E-state index contributed by atoms with van der Waals surface area (Å²) in [5, 5.41) is 0. The smallest absolute Gasteiger partial charge is 0.160 e. The summed E-state index contributed by atoms with van der Waals surface area (Å²) in [6.07, 6.45) is 6.32. The summed E-state index contributed by atoms with van der Waals surface area (Å²) in [5.74, 6) is 1.53. The van der Waals surface area contributed by atoms with Crippen LogP contribution in [0.2, 0.25) is 0 Å². The van der Waals surface area contributed by atoms with Crippen LogP contribution in [0.4, 0.5) is 0 Å². The maximum absolute atomic E-state index is 5.92. The lowest BCUT2D eigenvalue weighted by molar-refractivity contribution is 0.743. The number of aryl methyl sites for hydroxylation is 3. The van der Waals surface area contributed by atoms with Crippen molar-refractivity contribution < 1.29 is 0 Å². The maximum Gasteiger partial charge on any atom is 0.160 e. The largest absolute Gasteiger partial charge is 0.308 e. The minimum absolute atomic E-state index is 0.553.